The van der Waals surface area contributed by atoms with Crippen molar-refractivity contribution in [1.82, 2.24) is 10.2 Å². The molecule has 0 bridgehead atoms. The predicted octanol–water partition coefficient (Wildman–Crippen LogP) is 1.86. The number of nitrogens with one attached hydrogen (secondary N) is 1. The van der Waals surface area contributed by atoms with Crippen LogP contribution in [0.25, 0.3) is 0 Å². The summed E-state index contributed by atoms with van der Waals surface area (Å²) in [6, 6.07) is 1.73. The zero-order valence-corrected chi connectivity index (χ0v) is 9.63. The maximum atomic E-state index is 3.52. The Kier molecular flexibility index (Phi) is 3.45. The lowest BCUT2D eigenvalue weighted by Crippen LogP contribution is -2.53. The van der Waals surface area contributed by atoms with Gasteiger partial charge in [0.15, 0.2) is 0 Å². The molecule has 1 saturated carbocycles. The molecule has 0 radical (unpaired) electrons. The quantitative estimate of drug-likeness (QED) is 0.741. The molecule has 1 saturated heterocycles. The van der Waals surface area contributed by atoms with E-state index >= 15 is 0 Å². The second-order valence-electron chi connectivity index (χ2n) is 5.06. The Labute approximate surface area is 88.1 Å². The molecule has 0 aromatic rings. The summed E-state index contributed by atoms with van der Waals surface area (Å²) in [7, 11) is 0. The molecule has 0 aromatic heterocycles. The van der Waals surface area contributed by atoms with E-state index in [2.05, 4.69) is 24.1 Å². The lowest BCUT2D eigenvalue weighted by atomic mass is 9.80. The van der Waals surface area contributed by atoms with E-state index in [0.717, 1.165) is 18.0 Å². The molecule has 1 unspecified atom stereocenters. The minimum atomic E-state index is 0.825. The number of likely N-dealkylation sites (N-methyl/N-ethyl adjacent to an activating group) is 1. The van der Waals surface area contributed by atoms with Crippen LogP contribution in [0.1, 0.15) is 39.5 Å². The normalized spacial score (nSPS) is 38.4. The Hall–Kier alpha value is -0.0800. The highest BCUT2D eigenvalue weighted by Crippen LogP contribution is 2.33. The zero-order chi connectivity index (χ0) is 9.97. The van der Waals surface area contributed by atoms with E-state index in [1.54, 1.807) is 0 Å². The van der Waals surface area contributed by atoms with Crippen LogP contribution in [0.2, 0.25) is 0 Å². The minimum absolute atomic E-state index is 0.825. The highest BCUT2D eigenvalue weighted by atomic mass is 15.2. The Balaban J connectivity index is 1.85. The van der Waals surface area contributed by atoms with Gasteiger partial charge in [-0.3, -0.25) is 4.90 Å². The van der Waals surface area contributed by atoms with E-state index < -0.39 is 0 Å². The summed E-state index contributed by atoms with van der Waals surface area (Å²) in [5.41, 5.74) is 0. The Morgan fingerprint density at radius 1 is 1.29 bits per heavy atom. The van der Waals surface area contributed by atoms with Gasteiger partial charge in [0.05, 0.1) is 0 Å². The summed E-state index contributed by atoms with van der Waals surface area (Å²) in [4.78, 5) is 2.74. The van der Waals surface area contributed by atoms with Crippen molar-refractivity contribution >= 4 is 0 Å². The summed E-state index contributed by atoms with van der Waals surface area (Å²) < 4.78 is 0. The van der Waals surface area contributed by atoms with Crippen LogP contribution in [0.3, 0.4) is 0 Å². The van der Waals surface area contributed by atoms with Crippen molar-refractivity contribution in [1.29, 1.82) is 0 Å². The first-order valence-corrected chi connectivity index (χ1v) is 6.27. The molecule has 14 heavy (non-hydrogen) atoms. The van der Waals surface area contributed by atoms with Crippen molar-refractivity contribution in [3.8, 4) is 0 Å². The molecular weight excluding hydrogens is 172 g/mol. The average Bonchev–Trinajstić information content (AvgIpc) is 2.18. The topological polar surface area (TPSA) is 15.3 Å². The third kappa shape index (κ3) is 2.12. The van der Waals surface area contributed by atoms with Gasteiger partial charge in [-0.25, -0.2) is 0 Å². The molecule has 1 aliphatic carbocycles. The van der Waals surface area contributed by atoms with Gasteiger partial charge < -0.3 is 5.32 Å². The molecule has 0 amide bonds. The maximum absolute atomic E-state index is 3.52. The third-order valence-corrected chi connectivity index (χ3v) is 3.92. The zero-order valence-electron chi connectivity index (χ0n) is 9.63. The molecule has 1 N–H and O–H groups in total. The number of hydrogen-bond donors (Lipinski definition) is 1. The van der Waals surface area contributed by atoms with Crippen LogP contribution in [-0.4, -0.2) is 36.6 Å². The second-order valence-corrected chi connectivity index (χ2v) is 5.06. The summed E-state index contributed by atoms with van der Waals surface area (Å²) in [6.45, 7) is 8.39. The smallest absolute Gasteiger partial charge is 0.0223 e. The van der Waals surface area contributed by atoms with Crippen LogP contribution in [0.15, 0.2) is 0 Å². The fourth-order valence-electron chi connectivity index (χ4n) is 3.06. The summed E-state index contributed by atoms with van der Waals surface area (Å²) in [5.74, 6) is 0.977. The fraction of sp³-hybridized carbons (Fsp3) is 1.00. The van der Waals surface area contributed by atoms with Crippen molar-refractivity contribution in [2.24, 2.45) is 5.92 Å². The van der Waals surface area contributed by atoms with Gasteiger partial charge >= 0.3 is 0 Å². The van der Waals surface area contributed by atoms with Crippen molar-refractivity contribution in [3.05, 3.63) is 0 Å². The van der Waals surface area contributed by atoms with Gasteiger partial charge in [-0.15, -0.1) is 0 Å². The van der Waals surface area contributed by atoms with Gasteiger partial charge in [-0.05, 0) is 44.7 Å². The van der Waals surface area contributed by atoms with E-state index in [-0.39, 0.29) is 0 Å². The van der Waals surface area contributed by atoms with E-state index in [0.29, 0.717) is 0 Å². The molecule has 1 aliphatic heterocycles. The predicted molar refractivity (Wildman–Crippen MR) is 60.5 cm³/mol. The van der Waals surface area contributed by atoms with E-state index in [4.69, 9.17) is 0 Å². The number of rotatable bonds is 3. The Morgan fingerprint density at radius 2 is 2.07 bits per heavy atom. The van der Waals surface area contributed by atoms with Crippen LogP contribution < -0.4 is 5.32 Å². The highest BCUT2D eigenvalue weighted by molar-refractivity contribution is 4.89. The van der Waals surface area contributed by atoms with Crippen LogP contribution in [0.5, 0.6) is 0 Å². The first-order chi connectivity index (χ1) is 6.81. The monoisotopic (exact) mass is 196 g/mol. The molecule has 1 atom stereocenters. The third-order valence-electron chi connectivity index (χ3n) is 3.92. The molecule has 2 aliphatic rings. The Bertz CT molecular complexity index is 169. The van der Waals surface area contributed by atoms with Crippen LogP contribution in [0, 0.1) is 5.92 Å². The standard InChI is InChI=1S/C12H24N2/c1-3-14(12-7-10(2)8-12)11-5-4-6-13-9-11/h10-13H,3-9H2,1-2H3. The van der Waals surface area contributed by atoms with Crippen molar-refractivity contribution < 1.29 is 0 Å². The van der Waals surface area contributed by atoms with Gasteiger partial charge in [0, 0.05) is 18.6 Å². The molecule has 82 valence electrons. The first-order valence-electron chi connectivity index (χ1n) is 6.27. The fourth-order valence-corrected chi connectivity index (χ4v) is 3.06. The molecule has 2 rings (SSSR count). The van der Waals surface area contributed by atoms with E-state index in [1.807, 2.05) is 0 Å². The second kappa shape index (κ2) is 4.63. The van der Waals surface area contributed by atoms with E-state index in [1.165, 1.54) is 45.3 Å². The number of piperidine rings is 1. The molecule has 1 heterocycles. The summed E-state index contributed by atoms with van der Waals surface area (Å²) in [5, 5.41) is 3.52. The van der Waals surface area contributed by atoms with Crippen molar-refractivity contribution in [2.45, 2.75) is 51.6 Å². The molecule has 2 fully saturated rings. The van der Waals surface area contributed by atoms with Crippen LogP contribution in [0.4, 0.5) is 0 Å². The molecule has 2 nitrogen and oxygen atoms in total. The van der Waals surface area contributed by atoms with Gasteiger partial charge in [-0.2, -0.15) is 0 Å². The maximum Gasteiger partial charge on any atom is 0.0223 e. The molecular formula is C12H24N2. The van der Waals surface area contributed by atoms with Gasteiger partial charge in [0.2, 0.25) is 0 Å². The lowest BCUT2D eigenvalue weighted by Gasteiger charge is -2.46. The average molecular weight is 196 g/mol. The number of nitrogens with zero attached hydrogens (tertiary/aromatic N) is 1. The van der Waals surface area contributed by atoms with Crippen LogP contribution in [-0.2, 0) is 0 Å². The molecule has 0 spiro atoms. The lowest BCUT2D eigenvalue weighted by molar-refractivity contribution is 0.0427. The Morgan fingerprint density at radius 3 is 2.57 bits per heavy atom. The molecule has 0 aromatic carbocycles. The van der Waals surface area contributed by atoms with Crippen LogP contribution >= 0.6 is 0 Å². The summed E-state index contributed by atoms with van der Waals surface area (Å²) >= 11 is 0. The van der Waals surface area contributed by atoms with Gasteiger partial charge in [0.1, 0.15) is 0 Å². The largest absolute Gasteiger partial charge is 0.315 e. The van der Waals surface area contributed by atoms with E-state index in [9.17, 15) is 0 Å². The van der Waals surface area contributed by atoms with Crippen molar-refractivity contribution in [3.63, 3.8) is 0 Å². The SMILES string of the molecule is CCN(C1CCCNC1)C1CC(C)C1. The van der Waals surface area contributed by atoms with Crippen molar-refractivity contribution in [2.75, 3.05) is 19.6 Å². The minimum Gasteiger partial charge on any atom is -0.315 e. The highest BCUT2D eigenvalue weighted by Gasteiger charge is 2.33. The first kappa shape index (κ1) is 10.4. The van der Waals surface area contributed by atoms with Gasteiger partial charge in [0.25, 0.3) is 0 Å². The number of hydrogen-bond acceptors (Lipinski definition) is 2. The summed E-state index contributed by atoms with van der Waals surface area (Å²) in [6.07, 6.45) is 5.64. The van der Waals surface area contributed by atoms with Gasteiger partial charge in [-0.1, -0.05) is 13.8 Å². The molecule has 2 heteroatoms.